The minimum atomic E-state index is -0.0231. The molecule has 3 heteroatoms. The molecule has 0 saturated heterocycles. The zero-order valence-electron chi connectivity index (χ0n) is 8.87. The first-order valence-electron chi connectivity index (χ1n) is 4.65. The molecule has 0 radical (unpaired) electrons. The number of hydrogen-bond acceptors (Lipinski definition) is 3. The Labute approximate surface area is 84.7 Å². The van der Waals surface area contributed by atoms with Gasteiger partial charge in [0.15, 0.2) is 0 Å². The van der Waals surface area contributed by atoms with Gasteiger partial charge >= 0.3 is 0 Å². The van der Waals surface area contributed by atoms with Crippen LogP contribution in [-0.2, 0) is 0 Å². The molecule has 0 fully saturated rings. The van der Waals surface area contributed by atoms with E-state index in [9.17, 15) is 0 Å². The molecule has 0 aliphatic carbocycles. The van der Waals surface area contributed by atoms with Crippen LogP contribution in [0.5, 0.6) is 5.75 Å². The van der Waals surface area contributed by atoms with E-state index < -0.39 is 0 Å². The summed E-state index contributed by atoms with van der Waals surface area (Å²) >= 11 is 0. The number of likely N-dealkylation sites (N-methyl/N-ethyl adjacent to an activating group) is 1. The number of aliphatic hydroxyl groups excluding tert-OH is 1. The second kappa shape index (κ2) is 4.98. The van der Waals surface area contributed by atoms with Crippen molar-refractivity contribution in [3.05, 3.63) is 29.3 Å². The van der Waals surface area contributed by atoms with Gasteiger partial charge in [-0.1, -0.05) is 6.07 Å². The molecule has 0 unspecified atom stereocenters. The zero-order valence-corrected chi connectivity index (χ0v) is 8.87. The third kappa shape index (κ3) is 2.25. The first-order valence-corrected chi connectivity index (χ1v) is 4.65. The Hall–Kier alpha value is -1.06. The van der Waals surface area contributed by atoms with Gasteiger partial charge in [0.2, 0.25) is 0 Å². The van der Waals surface area contributed by atoms with Crippen LogP contribution in [0, 0.1) is 6.92 Å². The van der Waals surface area contributed by atoms with Gasteiger partial charge in [-0.2, -0.15) is 0 Å². The molecular weight excluding hydrogens is 178 g/mol. The molecule has 1 atom stereocenters. The standard InChI is InChI=1S/C11H17NO2/c1-8-4-5-9(14-3)6-10(8)11(7-13)12-2/h4-6,11-13H,7H2,1-3H3/t11-/m0/s1. The maximum Gasteiger partial charge on any atom is 0.119 e. The van der Waals surface area contributed by atoms with Gasteiger partial charge in [-0.15, -0.1) is 0 Å². The highest BCUT2D eigenvalue weighted by Gasteiger charge is 2.11. The fraction of sp³-hybridized carbons (Fsp3) is 0.455. The van der Waals surface area contributed by atoms with E-state index in [2.05, 4.69) is 5.32 Å². The fourth-order valence-electron chi connectivity index (χ4n) is 1.47. The van der Waals surface area contributed by atoms with E-state index in [0.29, 0.717) is 0 Å². The summed E-state index contributed by atoms with van der Waals surface area (Å²) in [6.45, 7) is 2.11. The van der Waals surface area contributed by atoms with Crippen LogP contribution >= 0.6 is 0 Å². The number of methoxy groups -OCH3 is 1. The van der Waals surface area contributed by atoms with Crippen molar-refractivity contribution in [2.45, 2.75) is 13.0 Å². The first-order chi connectivity index (χ1) is 6.72. The maximum absolute atomic E-state index is 9.16. The summed E-state index contributed by atoms with van der Waals surface area (Å²) in [5.74, 6) is 0.819. The molecule has 78 valence electrons. The fourth-order valence-corrected chi connectivity index (χ4v) is 1.47. The Balaban J connectivity index is 3.04. The minimum absolute atomic E-state index is 0.0231. The smallest absolute Gasteiger partial charge is 0.119 e. The molecule has 1 rings (SSSR count). The number of aliphatic hydroxyl groups is 1. The molecule has 0 amide bonds. The predicted octanol–water partition coefficient (Wildman–Crippen LogP) is 1.26. The highest BCUT2D eigenvalue weighted by Crippen LogP contribution is 2.22. The van der Waals surface area contributed by atoms with Crippen LogP contribution in [0.25, 0.3) is 0 Å². The summed E-state index contributed by atoms with van der Waals surface area (Å²) in [6.07, 6.45) is 0. The normalized spacial score (nSPS) is 12.6. The first kappa shape index (κ1) is 11.0. The lowest BCUT2D eigenvalue weighted by Gasteiger charge is -2.17. The predicted molar refractivity (Wildman–Crippen MR) is 56.6 cm³/mol. The van der Waals surface area contributed by atoms with Crippen LogP contribution in [-0.4, -0.2) is 25.9 Å². The third-order valence-electron chi connectivity index (χ3n) is 2.39. The van der Waals surface area contributed by atoms with Gasteiger partial charge in [0.1, 0.15) is 5.75 Å². The second-order valence-corrected chi connectivity index (χ2v) is 3.25. The number of ether oxygens (including phenoxy) is 1. The van der Waals surface area contributed by atoms with Crippen LogP contribution in [0.3, 0.4) is 0 Å². The van der Waals surface area contributed by atoms with Gasteiger partial charge in [-0.3, -0.25) is 0 Å². The Kier molecular flexibility index (Phi) is 3.92. The Morgan fingerprint density at radius 1 is 1.50 bits per heavy atom. The molecule has 0 aromatic heterocycles. The number of hydrogen-bond donors (Lipinski definition) is 2. The van der Waals surface area contributed by atoms with Crippen molar-refractivity contribution in [1.29, 1.82) is 0 Å². The molecule has 1 aromatic carbocycles. The summed E-state index contributed by atoms with van der Waals surface area (Å²) in [7, 11) is 3.47. The van der Waals surface area contributed by atoms with Crippen LogP contribution < -0.4 is 10.1 Å². The Morgan fingerprint density at radius 3 is 2.71 bits per heavy atom. The summed E-state index contributed by atoms with van der Waals surface area (Å²) in [6, 6.07) is 5.84. The van der Waals surface area contributed by atoms with Crippen LogP contribution in [0.1, 0.15) is 17.2 Å². The molecule has 0 aliphatic rings. The van der Waals surface area contributed by atoms with Crippen molar-refractivity contribution in [1.82, 2.24) is 5.32 Å². The van der Waals surface area contributed by atoms with Crippen molar-refractivity contribution in [3.8, 4) is 5.75 Å². The molecule has 0 heterocycles. The highest BCUT2D eigenvalue weighted by molar-refractivity contribution is 5.36. The lowest BCUT2D eigenvalue weighted by Crippen LogP contribution is -2.20. The lowest BCUT2D eigenvalue weighted by atomic mass is 10.0. The molecule has 0 saturated carbocycles. The average Bonchev–Trinajstić information content (AvgIpc) is 2.22. The summed E-state index contributed by atoms with van der Waals surface area (Å²) in [4.78, 5) is 0. The van der Waals surface area contributed by atoms with Crippen LogP contribution in [0.15, 0.2) is 18.2 Å². The summed E-state index contributed by atoms with van der Waals surface area (Å²) in [5, 5.41) is 12.2. The molecule has 14 heavy (non-hydrogen) atoms. The average molecular weight is 195 g/mol. The Bertz CT molecular complexity index is 295. The number of aryl methyl sites for hydroxylation is 1. The highest BCUT2D eigenvalue weighted by atomic mass is 16.5. The lowest BCUT2D eigenvalue weighted by molar-refractivity contribution is 0.250. The SMILES string of the molecule is CN[C@@H](CO)c1cc(OC)ccc1C. The van der Waals surface area contributed by atoms with Crippen molar-refractivity contribution >= 4 is 0 Å². The largest absolute Gasteiger partial charge is 0.497 e. The quantitative estimate of drug-likeness (QED) is 0.760. The van der Waals surface area contributed by atoms with Crippen molar-refractivity contribution < 1.29 is 9.84 Å². The van der Waals surface area contributed by atoms with E-state index in [1.807, 2.05) is 32.2 Å². The molecule has 1 aromatic rings. The van der Waals surface area contributed by atoms with Gasteiger partial charge < -0.3 is 15.2 Å². The van der Waals surface area contributed by atoms with E-state index in [-0.39, 0.29) is 12.6 Å². The van der Waals surface area contributed by atoms with Crippen LogP contribution in [0.4, 0.5) is 0 Å². The molecule has 3 nitrogen and oxygen atoms in total. The summed E-state index contributed by atoms with van der Waals surface area (Å²) in [5.41, 5.74) is 2.23. The van der Waals surface area contributed by atoms with Crippen molar-refractivity contribution in [3.63, 3.8) is 0 Å². The Morgan fingerprint density at radius 2 is 2.21 bits per heavy atom. The third-order valence-corrected chi connectivity index (χ3v) is 2.39. The van der Waals surface area contributed by atoms with Gasteiger partial charge in [0.25, 0.3) is 0 Å². The van der Waals surface area contributed by atoms with E-state index in [1.165, 1.54) is 0 Å². The van der Waals surface area contributed by atoms with Crippen molar-refractivity contribution in [2.75, 3.05) is 20.8 Å². The van der Waals surface area contributed by atoms with E-state index in [1.54, 1.807) is 7.11 Å². The summed E-state index contributed by atoms with van der Waals surface area (Å²) < 4.78 is 5.14. The van der Waals surface area contributed by atoms with E-state index in [4.69, 9.17) is 9.84 Å². The van der Waals surface area contributed by atoms with Gasteiger partial charge in [0.05, 0.1) is 19.8 Å². The number of rotatable bonds is 4. The topological polar surface area (TPSA) is 41.5 Å². The molecule has 2 N–H and O–H groups in total. The maximum atomic E-state index is 9.16. The van der Waals surface area contributed by atoms with Gasteiger partial charge in [-0.25, -0.2) is 0 Å². The van der Waals surface area contributed by atoms with Gasteiger partial charge in [0, 0.05) is 0 Å². The molecular formula is C11H17NO2. The van der Waals surface area contributed by atoms with E-state index >= 15 is 0 Å². The van der Waals surface area contributed by atoms with E-state index in [0.717, 1.165) is 16.9 Å². The zero-order chi connectivity index (χ0) is 10.6. The minimum Gasteiger partial charge on any atom is -0.497 e. The second-order valence-electron chi connectivity index (χ2n) is 3.25. The van der Waals surface area contributed by atoms with Crippen molar-refractivity contribution in [2.24, 2.45) is 0 Å². The number of benzene rings is 1. The molecule has 0 spiro atoms. The van der Waals surface area contributed by atoms with Crippen LogP contribution in [0.2, 0.25) is 0 Å². The van der Waals surface area contributed by atoms with Gasteiger partial charge in [-0.05, 0) is 37.2 Å². The number of nitrogens with one attached hydrogen (secondary N) is 1. The molecule has 0 aliphatic heterocycles. The monoisotopic (exact) mass is 195 g/mol. The molecule has 0 bridgehead atoms.